The van der Waals surface area contributed by atoms with Crippen LogP contribution in [0, 0.1) is 5.92 Å². The maximum absolute atomic E-state index is 5.83. The molecule has 2 atom stereocenters. The van der Waals surface area contributed by atoms with E-state index in [9.17, 15) is 0 Å². The van der Waals surface area contributed by atoms with Gasteiger partial charge in [0.2, 0.25) is 0 Å². The Balaban J connectivity index is 3.10. The molecule has 1 aromatic rings. The van der Waals surface area contributed by atoms with E-state index in [4.69, 9.17) is 20.1 Å². The van der Waals surface area contributed by atoms with E-state index in [1.54, 1.807) is 14.2 Å². The number of benzene rings is 1. The van der Waals surface area contributed by atoms with Crippen molar-refractivity contribution in [2.75, 3.05) is 20.8 Å². The lowest BCUT2D eigenvalue weighted by molar-refractivity contribution is 0.00272. The topological polar surface area (TPSA) is 65.7 Å². The molecule has 20 heavy (non-hydrogen) atoms. The number of nitrogens with one attached hydrogen (secondary N) is 1. The van der Waals surface area contributed by atoms with E-state index in [2.05, 4.69) is 19.3 Å². The SMILES string of the molecule is CCOC(C(C)C)C(NN)c1ccc(OC)c(OC)c1. The maximum atomic E-state index is 5.83. The van der Waals surface area contributed by atoms with Crippen LogP contribution in [-0.2, 0) is 4.74 Å². The van der Waals surface area contributed by atoms with Gasteiger partial charge in [-0.15, -0.1) is 0 Å². The summed E-state index contributed by atoms with van der Waals surface area (Å²) >= 11 is 0. The van der Waals surface area contributed by atoms with Crippen LogP contribution < -0.4 is 20.7 Å². The number of nitrogens with two attached hydrogens (primary N) is 1. The lowest BCUT2D eigenvalue weighted by Gasteiger charge is -2.30. The summed E-state index contributed by atoms with van der Waals surface area (Å²) in [6.07, 6.45) is -0.0110. The van der Waals surface area contributed by atoms with Crippen molar-refractivity contribution in [2.24, 2.45) is 11.8 Å². The summed E-state index contributed by atoms with van der Waals surface area (Å²) < 4.78 is 16.4. The summed E-state index contributed by atoms with van der Waals surface area (Å²) in [6.45, 7) is 6.86. The highest BCUT2D eigenvalue weighted by Gasteiger charge is 2.26. The van der Waals surface area contributed by atoms with Crippen molar-refractivity contribution in [1.82, 2.24) is 5.43 Å². The first-order valence-corrected chi connectivity index (χ1v) is 6.88. The molecular formula is C15H26N2O3. The van der Waals surface area contributed by atoms with Gasteiger partial charge in [-0.25, -0.2) is 0 Å². The average Bonchev–Trinajstić information content (AvgIpc) is 2.46. The third kappa shape index (κ3) is 3.85. The summed E-state index contributed by atoms with van der Waals surface area (Å²) in [5, 5.41) is 0. The number of hydrazine groups is 1. The summed E-state index contributed by atoms with van der Waals surface area (Å²) in [6, 6.07) is 5.68. The Kier molecular flexibility index (Phi) is 6.78. The Bertz CT molecular complexity index is 410. The quantitative estimate of drug-likeness (QED) is 0.565. The van der Waals surface area contributed by atoms with E-state index in [0.717, 1.165) is 5.56 Å². The van der Waals surface area contributed by atoms with Crippen LogP contribution in [0.25, 0.3) is 0 Å². The third-order valence-corrected chi connectivity index (χ3v) is 3.29. The van der Waals surface area contributed by atoms with Crippen LogP contribution in [0.5, 0.6) is 11.5 Å². The highest BCUT2D eigenvalue weighted by molar-refractivity contribution is 5.44. The van der Waals surface area contributed by atoms with Gasteiger partial charge < -0.3 is 14.2 Å². The molecule has 0 amide bonds. The monoisotopic (exact) mass is 282 g/mol. The molecule has 0 aliphatic heterocycles. The Morgan fingerprint density at radius 3 is 2.25 bits per heavy atom. The second kappa shape index (κ2) is 8.09. The molecule has 0 aliphatic carbocycles. The molecule has 0 saturated heterocycles. The minimum absolute atomic E-state index is 0.0110. The minimum Gasteiger partial charge on any atom is -0.493 e. The molecule has 5 nitrogen and oxygen atoms in total. The molecule has 0 aromatic heterocycles. The first kappa shape index (κ1) is 16.8. The van der Waals surface area contributed by atoms with Gasteiger partial charge in [0.25, 0.3) is 0 Å². The lowest BCUT2D eigenvalue weighted by atomic mass is 9.93. The minimum atomic E-state index is -0.102. The molecule has 0 fully saturated rings. The Morgan fingerprint density at radius 2 is 1.80 bits per heavy atom. The summed E-state index contributed by atoms with van der Waals surface area (Å²) in [4.78, 5) is 0. The molecule has 0 saturated carbocycles. The van der Waals surface area contributed by atoms with Crippen LogP contribution in [0.4, 0.5) is 0 Å². The average molecular weight is 282 g/mol. The second-order valence-corrected chi connectivity index (χ2v) is 4.92. The van der Waals surface area contributed by atoms with Crippen LogP contribution in [0.15, 0.2) is 18.2 Å². The molecule has 0 bridgehead atoms. The van der Waals surface area contributed by atoms with Crippen molar-refractivity contribution in [3.63, 3.8) is 0 Å². The highest BCUT2D eigenvalue weighted by atomic mass is 16.5. The Morgan fingerprint density at radius 1 is 1.15 bits per heavy atom. The third-order valence-electron chi connectivity index (χ3n) is 3.29. The van der Waals surface area contributed by atoms with Crippen molar-refractivity contribution >= 4 is 0 Å². The van der Waals surface area contributed by atoms with Gasteiger partial charge >= 0.3 is 0 Å². The van der Waals surface area contributed by atoms with Crippen LogP contribution in [-0.4, -0.2) is 26.9 Å². The van der Waals surface area contributed by atoms with Crippen molar-refractivity contribution in [3.8, 4) is 11.5 Å². The normalized spacial score (nSPS) is 14.2. The van der Waals surface area contributed by atoms with E-state index in [1.165, 1.54) is 0 Å². The molecule has 114 valence electrons. The molecule has 1 rings (SSSR count). The molecule has 0 heterocycles. The molecule has 0 spiro atoms. The zero-order chi connectivity index (χ0) is 15.1. The first-order valence-electron chi connectivity index (χ1n) is 6.88. The van der Waals surface area contributed by atoms with Gasteiger partial charge in [-0.05, 0) is 30.5 Å². The molecule has 0 radical (unpaired) electrons. The number of methoxy groups -OCH3 is 2. The predicted octanol–water partition coefficient (Wildman–Crippen LogP) is 2.27. The molecule has 5 heteroatoms. The van der Waals surface area contributed by atoms with Crippen LogP contribution in [0.1, 0.15) is 32.4 Å². The van der Waals surface area contributed by atoms with Gasteiger partial charge in [0.05, 0.1) is 26.4 Å². The largest absolute Gasteiger partial charge is 0.493 e. The van der Waals surface area contributed by atoms with Crippen LogP contribution >= 0.6 is 0 Å². The van der Waals surface area contributed by atoms with Crippen LogP contribution in [0.3, 0.4) is 0 Å². The highest BCUT2D eigenvalue weighted by Crippen LogP contribution is 2.32. The first-order chi connectivity index (χ1) is 9.58. The smallest absolute Gasteiger partial charge is 0.161 e. The second-order valence-electron chi connectivity index (χ2n) is 4.92. The fourth-order valence-electron chi connectivity index (χ4n) is 2.29. The van der Waals surface area contributed by atoms with E-state index >= 15 is 0 Å². The zero-order valence-electron chi connectivity index (χ0n) is 13.0. The number of hydrogen-bond donors (Lipinski definition) is 2. The number of rotatable bonds is 8. The molecule has 1 aromatic carbocycles. The summed E-state index contributed by atoms with van der Waals surface area (Å²) in [7, 11) is 3.24. The Hall–Kier alpha value is -1.30. The van der Waals surface area contributed by atoms with Gasteiger partial charge in [0.15, 0.2) is 11.5 Å². The predicted molar refractivity (Wildman–Crippen MR) is 79.9 cm³/mol. The Labute approximate surface area is 121 Å². The van der Waals surface area contributed by atoms with Gasteiger partial charge in [0, 0.05) is 6.61 Å². The van der Waals surface area contributed by atoms with Crippen molar-refractivity contribution in [2.45, 2.75) is 32.9 Å². The van der Waals surface area contributed by atoms with Crippen molar-refractivity contribution in [3.05, 3.63) is 23.8 Å². The standard InChI is InChI=1S/C15H26N2O3/c1-6-20-15(10(2)3)14(17-16)11-7-8-12(18-4)13(9-11)19-5/h7-10,14-15,17H,6,16H2,1-5H3. The van der Waals surface area contributed by atoms with Gasteiger partial charge in [-0.3, -0.25) is 11.3 Å². The van der Waals surface area contributed by atoms with Crippen molar-refractivity contribution in [1.29, 1.82) is 0 Å². The van der Waals surface area contributed by atoms with Crippen molar-refractivity contribution < 1.29 is 14.2 Å². The van der Waals surface area contributed by atoms with E-state index in [1.807, 2.05) is 25.1 Å². The fourth-order valence-corrected chi connectivity index (χ4v) is 2.29. The zero-order valence-corrected chi connectivity index (χ0v) is 13.0. The number of ether oxygens (including phenoxy) is 3. The van der Waals surface area contributed by atoms with Gasteiger partial charge in [0.1, 0.15) is 0 Å². The fraction of sp³-hybridized carbons (Fsp3) is 0.600. The van der Waals surface area contributed by atoms with E-state index in [-0.39, 0.29) is 12.1 Å². The number of hydrogen-bond acceptors (Lipinski definition) is 5. The lowest BCUT2D eigenvalue weighted by Crippen LogP contribution is -2.40. The molecule has 3 N–H and O–H groups in total. The summed E-state index contributed by atoms with van der Waals surface area (Å²) in [5.74, 6) is 7.45. The molecule has 0 aliphatic rings. The molecule has 2 unspecified atom stereocenters. The molecular weight excluding hydrogens is 256 g/mol. The maximum Gasteiger partial charge on any atom is 0.161 e. The van der Waals surface area contributed by atoms with Crippen LogP contribution in [0.2, 0.25) is 0 Å². The van der Waals surface area contributed by atoms with Gasteiger partial charge in [-0.1, -0.05) is 19.9 Å². The summed E-state index contributed by atoms with van der Waals surface area (Å²) in [5.41, 5.74) is 3.86. The van der Waals surface area contributed by atoms with E-state index < -0.39 is 0 Å². The van der Waals surface area contributed by atoms with E-state index in [0.29, 0.717) is 24.0 Å². The van der Waals surface area contributed by atoms with Gasteiger partial charge in [-0.2, -0.15) is 0 Å².